The van der Waals surface area contributed by atoms with E-state index in [0.29, 0.717) is 12.8 Å². The van der Waals surface area contributed by atoms with Crippen molar-refractivity contribution >= 4 is 11.7 Å². The number of anilines is 1. The number of nitrogens with zero attached hydrogens (tertiary/aromatic N) is 2. The predicted molar refractivity (Wildman–Crippen MR) is 99.7 cm³/mol. The molecule has 0 amide bonds. The van der Waals surface area contributed by atoms with Crippen LogP contribution in [0.1, 0.15) is 53.7 Å². The number of alkyl halides is 3. The van der Waals surface area contributed by atoms with Crippen LogP contribution < -0.4 is 10.5 Å². The third kappa shape index (κ3) is 4.10. The Kier molecular flexibility index (Phi) is 5.32. The fourth-order valence-electron chi connectivity index (χ4n) is 3.83. The van der Waals surface area contributed by atoms with E-state index in [1.54, 1.807) is 19.0 Å². The van der Waals surface area contributed by atoms with Gasteiger partial charge in [-0.1, -0.05) is 25.0 Å². The molecule has 0 radical (unpaired) electrons. The summed E-state index contributed by atoms with van der Waals surface area (Å²) in [6.45, 7) is 0. The molecule has 0 bridgehead atoms. The molecule has 0 aliphatic heterocycles. The number of H-pyrrole nitrogens is 1. The summed E-state index contributed by atoms with van der Waals surface area (Å²) in [4.78, 5) is 33.1. The lowest BCUT2D eigenvalue weighted by Gasteiger charge is -2.29. The molecule has 2 aromatic rings. The van der Waals surface area contributed by atoms with Crippen molar-refractivity contribution in [1.29, 1.82) is 0 Å². The van der Waals surface area contributed by atoms with Crippen LogP contribution in [0.5, 0.6) is 0 Å². The first-order valence-electron chi connectivity index (χ1n) is 9.10. The van der Waals surface area contributed by atoms with Gasteiger partial charge in [0.05, 0.1) is 5.56 Å². The monoisotopic (exact) mass is 393 g/mol. The minimum Gasteiger partial charge on any atom is -0.348 e. The van der Waals surface area contributed by atoms with Gasteiger partial charge in [-0.2, -0.15) is 13.2 Å². The van der Waals surface area contributed by atoms with E-state index in [9.17, 15) is 22.8 Å². The molecule has 1 aliphatic carbocycles. The van der Waals surface area contributed by atoms with Crippen LogP contribution in [0.2, 0.25) is 0 Å². The molecular weight excluding hydrogens is 371 g/mol. The van der Waals surface area contributed by atoms with Crippen molar-refractivity contribution in [2.45, 2.75) is 43.7 Å². The van der Waals surface area contributed by atoms with Crippen LogP contribution in [0, 0.1) is 0 Å². The average molecular weight is 393 g/mol. The fraction of sp³-hybridized carbons (Fsp3) is 0.450. The van der Waals surface area contributed by atoms with E-state index >= 15 is 0 Å². The van der Waals surface area contributed by atoms with E-state index in [2.05, 4.69) is 9.97 Å². The van der Waals surface area contributed by atoms with Crippen LogP contribution in [0.25, 0.3) is 0 Å². The van der Waals surface area contributed by atoms with E-state index in [0.717, 1.165) is 30.5 Å². The fourth-order valence-corrected chi connectivity index (χ4v) is 3.83. The van der Waals surface area contributed by atoms with Crippen molar-refractivity contribution in [3.63, 3.8) is 0 Å². The van der Waals surface area contributed by atoms with Gasteiger partial charge in [-0.3, -0.25) is 14.6 Å². The van der Waals surface area contributed by atoms with Crippen molar-refractivity contribution in [1.82, 2.24) is 9.97 Å². The number of hydrogen-bond acceptors (Lipinski definition) is 4. The molecule has 8 heteroatoms. The lowest BCUT2D eigenvalue weighted by molar-refractivity contribution is -0.137. The molecule has 0 atom stereocenters. The summed E-state index contributed by atoms with van der Waals surface area (Å²) in [6.07, 6.45) is -1.04. The van der Waals surface area contributed by atoms with Gasteiger partial charge in [-0.05, 0) is 30.5 Å². The van der Waals surface area contributed by atoms with Gasteiger partial charge in [0.25, 0.3) is 5.56 Å². The van der Waals surface area contributed by atoms with E-state index in [1.807, 2.05) is 0 Å². The Hall–Kier alpha value is -2.64. The Morgan fingerprint density at radius 2 is 1.79 bits per heavy atom. The molecule has 1 fully saturated rings. The summed E-state index contributed by atoms with van der Waals surface area (Å²) in [6, 6.07) is 6.24. The SMILES string of the molecule is CN(C)c1nc(C(=O)CC2(c3ccc(C(F)(F)F)cc3)CCCC2)cc(=O)[nH]1. The zero-order valence-corrected chi connectivity index (χ0v) is 15.8. The summed E-state index contributed by atoms with van der Waals surface area (Å²) in [5, 5.41) is 0. The second-order valence-corrected chi connectivity index (χ2v) is 7.51. The highest BCUT2D eigenvalue weighted by Crippen LogP contribution is 2.45. The average Bonchev–Trinajstić information content (AvgIpc) is 3.10. The minimum atomic E-state index is -4.39. The molecule has 0 spiro atoms. The normalized spacial score (nSPS) is 16.2. The summed E-state index contributed by atoms with van der Waals surface area (Å²) < 4.78 is 38.6. The van der Waals surface area contributed by atoms with Crippen LogP contribution in [-0.4, -0.2) is 29.8 Å². The van der Waals surface area contributed by atoms with Crippen LogP contribution in [0.4, 0.5) is 19.1 Å². The molecule has 1 aromatic carbocycles. The number of hydrogen-bond donors (Lipinski definition) is 1. The molecule has 1 N–H and O–H groups in total. The van der Waals surface area contributed by atoms with Gasteiger partial charge in [0.15, 0.2) is 5.78 Å². The number of aromatic amines is 1. The van der Waals surface area contributed by atoms with Gasteiger partial charge in [0.1, 0.15) is 5.69 Å². The van der Waals surface area contributed by atoms with Gasteiger partial charge in [-0.15, -0.1) is 0 Å². The third-order valence-electron chi connectivity index (χ3n) is 5.32. The van der Waals surface area contributed by atoms with E-state index in [1.165, 1.54) is 18.2 Å². The first kappa shape index (κ1) is 20.1. The second-order valence-electron chi connectivity index (χ2n) is 7.51. The maximum Gasteiger partial charge on any atom is 0.416 e. The van der Waals surface area contributed by atoms with Gasteiger partial charge in [0.2, 0.25) is 5.95 Å². The standard InChI is InChI=1S/C20H22F3N3O2/c1-26(2)18-24-15(11-17(28)25-18)16(27)12-19(9-3-4-10-19)13-5-7-14(8-6-13)20(21,22)23/h5-8,11H,3-4,9-10,12H2,1-2H3,(H,24,25,28). The van der Waals surface area contributed by atoms with Crippen molar-refractivity contribution in [2.24, 2.45) is 0 Å². The molecule has 1 aliphatic rings. The number of carbonyl (C=O) groups excluding carboxylic acids is 1. The number of aromatic nitrogens is 2. The first-order valence-corrected chi connectivity index (χ1v) is 9.10. The van der Waals surface area contributed by atoms with Gasteiger partial charge in [0, 0.05) is 32.0 Å². The molecule has 150 valence electrons. The first-order chi connectivity index (χ1) is 13.1. The van der Waals surface area contributed by atoms with E-state index in [4.69, 9.17) is 0 Å². The summed E-state index contributed by atoms with van der Waals surface area (Å²) in [5.41, 5.74) is -0.849. The van der Waals surface area contributed by atoms with Crippen molar-refractivity contribution in [3.8, 4) is 0 Å². The highest BCUT2D eigenvalue weighted by molar-refractivity contribution is 5.95. The number of rotatable bonds is 5. The molecule has 28 heavy (non-hydrogen) atoms. The number of Topliss-reactive ketones (excluding diaryl/α,β-unsaturated/α-hetero) is 1. The molecule has 0 unspecified atom stereocenters. The second kappa shape index (κ2) is 7.41. The summed E-state index contributed by atoms with van der Waals surface area (Å²) >= 11 is 0. The zero-order valence-electron chi connectivity index (χ0n) is 15.8. The molecule has 5 nitrogen and oxygen atoms in total. The number of nitrogens with one attached hydrogen (secondary N) is 1. The molecular formula is C20H22F3N3O2. The van der Waals surface area contributed by atoms with Crippen LogP contribution in [0.3, 0.4) is 0 Å². The minimum absolute atomic E-state index is 0.0747. The summed E-state index contributed by atoms with van der Waals surface area (Å²) in [5.74, 6) is 0.00171. The van der Waals surface area contributed by atoms with E-state index < -0.39 is 22.7 Å². The number of benzene rings is 1. The number of halogens is 3. The van der Waals surface area contributed by atoms with Gasteiger partial charge < -0.3 is 4.90 Å². The maximum absolute atomic E-state index is 12.9. The van der Waals surface area contributed by atoms with Crippen molar-refractivity contribution < 1.29 is 18.0 Å². The molecule has 1 aromatic heterocycles. The highest BCUT2D eigenvalue weighted by atomic mass is 19.4. The lowest BCUT2D eigenvalue weighted by Crippen LogP contribution is -2.28. The van der Waals surface area contributed by atoms with E-state index in [-0.39, 0.29) is 23.8 Å². The maximum atomic E-state index is 12.9. The number of carbonyl (C=O) groups is 1. The Morgan fingerprint density at radius 1 is 1.18 bits per heavy atom. The lowest BCUT2D eigenvalue weighted by atomic mass is 9.74. The van der Waals surface area contributed by atoms with Crippen LogP contribution in [-0.2, 0) is 11.6 Å². The molecule has 1 saturated carbocycles. The Labute approximate surface area is 160 Å². The zero-order chi connectivity index (χ0) is 20.5. The van der Waals surface area contributed by atoms with Crippen molar-refractivity contribution in [3.05, 3.63) is 57.5 Å². The Morgan fingerprint density at radius 3 is 2.32 bits per heavy atom. The molecule has 0 saturated heterocycles. The van der Waals surface area contributed by atoms with Crippen molar-refractivity contribution in [2.75, 3.05) is 19.0 Å². The third-order valence-corrected chi connectivity index (χ3v) is 5.32. The van der Waals surface area contributed by atoms with Crippen LogP contribution >= 0.6 is 0 Å². The van der Waals surface area contributed by atoms with Crippen LogP contribution in [0.15, 0.2) is 35.1 Å². The predicted octanol–water partition coefficient (Wildman–Crippen LogP) is 3.94. The molecule has 1 heterocycles. The smallest absolute Gasteiger partial charge is 0.348 e. The topological polar surface area (TPSA) is 66.1 Å². The van der Waals surface area contributed by atoms with Gasteiger partial charge >= 0.3 is 6.18 Å². The highest BCUT2D eigenvalue weighted by Gasteiger charge is 2.39. The largest absolute Gasteiger partial charge is 0.416 e. The Bertz CT molecular complexity index is 912. The summed E-state index contributed by atoms with van der Waals surface area (Å²) in [7, 11) is 3.40. The number of ketones is 1. The van der Waals surface area contributed by atoms with Gasteiger partial charge in [-0.25, -0.2) is 4.98 Å². The Balaban J connectivity index is 1.91. The quantitative estimate of drug-likeness (QED) is 0.782. The molecule has 3 rings (SSSR count).